The van der Waals surface area contributed by atoms with Gasteiger partial charge in [-0.25, -0.2) is 8.42 Å². The average molecular weight is 277 g/mol. The Labute approximate surface area is 105 Å². The number of hydrogen-bond acceptors (Lipinski definition) is 3. The van der Waals surface area contributed by atoms with E-state index in [1.54, 1.807) is 0 Å². The summed E-state index contributed by atoms with van der Waals surface area (Å²) in [4.78, 5) is 10.7. The van der Waals surface area contributed by atoms with Crippen LogP contribution in [0.1, 0.15) is 20.3 Å². The topological polar surface area (TPSA) is 71.4 Å². The van der Waals surface area contributed by atoms with E-state index in [9.17, 15) is 13.2 Å². The van der Waals surface area contributed by atoms with Crippen LogP contribution in [0.4, 0.5) is 0 Å². The van der Waals surface area contributed by atoms with E-state index in [2.05, 4.69) is 0 Å². The van der Waals surface area contributed by atoms with Gasteiger partial charge in [-0.3, -0.25) is 4.79 Å². The number of carboxylic acids is 1. The Morgan fingerprint density at radius 1 is 1.29 bits per heavy atom. The molecule has 0 heterocycles. The highest BCUT2D eigenvalue weighted by Crippen LogP contribution is 2.29. The van der Waals surface area contributed by atoms with Crippen LogP contribution in [-0.2, 0) is 14.6 Å². The van der Waals surface area contributed by atoms with Crippen molar-refractivity contribution in [1.82, 2.24) is 0 Å². The van der Waals surface area contributed by atoms with E-state index < -0.39 is 27.0 Å². The van der Waals surface area contributed by atoms with Gasteiger partial charge in [0.15, 0.2) is 9.84 Å². The van der Waals surface area contributed by atoms with Gasteiger partial charge in [0.1, 0.15) is 0 Å². The predicted octanol–water partition coefficient (Wildman–Crippen LogP) is 2.37. The van der Waals surface area contributed by atoms with Crippen LogP contribution in [-0.4, -0.2) is 24.2 Å². The SMILES string of the molecule is CC(C)(CC(=O)O)S(=O)(=O)c1ccc(Cl)cc1. The Kier molecular flexibility index (Phi) is 3.84. The summed E-state index contributed by atoms with van der Waals surface area (Å²) in [5.74, 6) is -1.15. The number of aliphatic carboxylic acids is 1. The Hall–Kier alpha value is -1.07. The van der Waals surface area contributed by atoms with Gasteiger partial charge in [-0.05, 0) is 38.1 Å². The molecule has 4 nitrogen and oxygen atoms in total. The minimum atomic E-state index is -3.69. The summed E-state index contributed by atoms with van der Waals surface area (Å²) in [6, 6.07) is 5.68. The van der Waals surface area contributed by atoms with Crippen LogP contribution in [0.3, 0.4) is 0 Å². The Balaban J connectivity index is 3.19. The molecule has 1 aromatic rings. The third-order valence-corrected chi connectivity index (χ3v) is 5.17. The monoisotopic (exact) mass is 276 g/mol. The van der Waals surface area contributed by atoms with E-state index in [1.807, 2.05) is 0 Å². The van der Waals surface area contributed by atoms with E-state index in [0.29, 0.717) is 5.02 Å². The largest absolute Gasteiger partial charge is 0.481 e. The van der Waals surface area contributed by atoms with E-state index in [-0.39, 0.29) is 4.90 Å². The first kappa shape index (κ1) is 14.0. The molecule has 0 radical (unpaired) electrons. The first-order valence-corrected chi connectivity index (χ1v) is 6.75. The van der Waals surface area contributed by atoms with Gasteiger partial charge in [-0.2, -0.15) is 0 Å². The van der Waals surface area contributed by atoms with Crippen LogP contribution < -0.4 is 0 Å². The molecule has 6 heteroatoms. The third kappa shape index (κ3) is 2.98. The first-order valence-electron chi connectivity index (χ1n) is 4.89. The molecule has 1 N–H and O–H groups in total. The molecule has 1 rings (SSSR count). The summed E-state index contributed by atoms with van der Waals surface area (Å²) in [6.45, 7) is 2.79. The van der Waals surface area contributed by atoms with E-state index in [0.717, 1.165) is 0 Å². The Morgan fingerprint density at radius 3 is 2.18 bits per heavy atom. The molecule has 0 saturated carbocycles. The molecule has 0 bridgehead atoms. The van der Waals surface area contributed by atoms with Crippen molar-refractivity contribution in [3.8, 4) is 0 Å². The summed E-state index contributed by atoms with van der Waals surface area (Å²) in [5, 5.41) is 9.15. The molecule has 0 amide bonds. The number of sulfone groups is 1. The lowest BCUT2D eigenvalue weighted by Gasteiger charge is -2.22. The van der Waals surface area contributed by atoms with E-state index in [4.69, 9.17) is 16.7 Å². The van der Waals surface area contributed by atoms with Crippen molar-refractivity contribution in [3.05, 3.63) is 29.3 Å². The van der Waals surface area contributed by atoms with Gasteiger partial charge in [0.05, 0.1) is 16.1 Å². The number of halogens is 1. The quantitative estimate of drug-likeness (QED) is 0.916. The lowest BCUT2D eigenvalue weighted by atomic mass is 10.1. The molecule has 0 aliphatic rings. The zero-order valence-corrected chi connectivity index (χ0v) is 11.0. The molecule has 0 unspecified atom stereocenters. The van der Waals surface area contributed by atoms with Gasteiger partial charge in [-0.15, -0.1) is 0 Å². The van der Waals surface area contributed by atoms with Crippen molar-refractivity contribution >= 4 is 27.4 Å². The lowest BCUT2D eigenvalue weighted by Crippen LogP contribution is -2.34. The summed E-state index contributed by atoms with van der Waals surface area (Å²) in [6.07, 6.45) is -0.446. The molecule has 0 fully saturated rings. The summed E-state index contributed by atoms with van der Waals surface area (Å²) < 4.78 is 23.0. The molecular weight excluding hydrogens is 264 g/mol. The van der Waals surface area contributed by atoms with E-state index in [1.165, 1.54) is 38.1 Å². The molecular formula is C11H13ClO4S. The molecule has 0 atom stereocenters. The maximum absolute atomic E-state index is 12.2. The van der Waals surface area contributed by atoms with Gasteiger partial charge in [0.25, 0.3) is 0 Å². The van der Waals surface area contributed by atoms with Crippen molar-refractivity contribution in [3.63, 3.8) is 0 Å². The molecule has 94 valence electrons. The second-order valence-electron chi connectivity index (χ2n) is 4.29. The predicted molar refractivity (Wildman–Crippen MR) is 65.0 cm³/mol. The third-order valence-electron chi connectivity index (χ3n) is 2.43. The second kappa shape index (κ2) is 4.66. The van der Waals surface area contributed by atoms with Crippen molar-refractivity contribution in [2.75, 3.05) is 0 Å². The van der Waals surface area contributed by atoms with Crippen LogP contribution in [0.25, 0.3) is 0 Å². The van der Waals surface area contributed by atoms with Gasteiger partial charge in [-0.1, -0.05) is 11.6 Å². The van der Waals surface area contributed by atoms with Crippen LogP contribution in [0, 0.1) is 0 Å². The number of benzene rings is 1. The van der Waals surface area contributed by atoms with Crippen molar-refractivity contribution in [2.45, 2.75) is 29.9 Å². The lowest BCUT2D eigenvalue weighted by molar-refractivity contribution is -0.137. The first-order chi connectivity index (χ1) is 7.67. The summed E-state index contributed by atoms with van der Waals surface area (Å²) >= 11 is 5.67. The minimum Gasteiger partial charge on any atom is -0.481 e. The molecule has 1 aromatic carbocycles. The second-order valence-corrected chi connectivity index (χ2v) is 7.31. The molecule has 0 spiro atoms. The summed E-state index contributed by atoms with van der Waals surface area (Å²) in [7, 11) is -3.69. The fourth-order valence-electron chi connectivity index (χ4n) is 1.39. The number of hydrogen-bond donors (Lipinski definition) is 1. The maximum Gasteiger partial charge on any atom is 0.304 e. The number of carbonyl (C=O) groups is 1. The highest BCUT2D eigenvalue weighted by molar-refractivity contribution is 7.92. The fourth-order valence-corrected chi connectivity index (χ4v) is 2.96. The van der Waals surface area contributed by atoms with Gasteiger partial charge < -0.3 is 5.11 Å². The van der Waals surface area contributed by atoms with Crippen molar-refractivity contribution in [2.24, 2.45) is 0 Å². The highest BCUT2D eigenvalue weighted by Gasteiger charge is 2.37. The number of carboxylic acid groups (broad SMARTS) is 1. The summed E-state index contributed by atoms with van der Waals surface area (Å²) in [5.41, 5.74) is 0. The molecule has 0 aromatic heterocycles. The van der Waals surface area contributed by atoms with Crippen molar-refractivity contribution in [1.29, 1.82) is 0 Å². The number of rotatable bonds is 4. The van der Waals surface area contributed by atoms with E-state index >= 15 is 0 Å². The molecule has 0 aliphatic carbocycles. The molecule has 0 aliphatic heterocycles. The highest BCUT2D eigenvalue weighted by atomic mass is 35.5. The standard InChI is InChI=1S/C11H13ClO4S/c1-11(2,7-10(13)14)17(15,16)9-5-3-8(12)4-6-9/h3-6H,7H2,1-2H3,(H,13,14). The van der Waals surface area contributed by atoms with Crippen LogP contribution in [0.15, 0.2) is 29.2 Å². The van der Waals surface area contributed by atoms with Crippen LogP contribution in [0.2, 0.25) is 5.02 Å². The average Bonchev–Trinajstić information content (AvgIpc) is 2.16. The normalized spacial score (nSPS) is 12.4. The smallest absolute Gasteiger partial charge is 0.304 e. The van der Waals surface area contributed by atoms with Crippen LogP contribution >= 0.6 is 11.6 Å². The zero-order chi connectivity index (χ0) is 13.3. The Morgan fingerprint density at radius 2 is 1.76 bits per heavy atom. The van der Waals surface area contributed by atoms with Crippen molar-refractivity contribution < 1.29 is 18.3 Å². The maximum atomic E-state index is 12.2. The molecule has 17 heavy (non-hydrogen) atoms. The van der Waals surface area contributed by atoms with Crippen LogP contribution in [0.5, 0.6) is 0 Å². The Bertz CT molecular complexity index is 517. The zero-order valence-electron chi connectivity index (χ0n) is 9.47. The minimum absolute atomic E-state index is 0.0770. The van der Waals surface area contributed by atoms with Gasteiger partial charge >= 0.3 is 5.97 Å². The fraction of sp³-hybridized carbons (Fsp3) is 0.364. The molecule has 0 saturated heterocycles. The van der Waals surface area contributed by atoms with Gasteiger partial charge in [0.2, 0.25) is 0 Å². The van der Waals surface area contributed by atoms with Gasteiger partial charge in [0, 0.05) is 5.02 Å².